The maximum Gasteiger partial charge on any atom is 0.107 e. The molecule has 27 heavy (non-hydrogen) atoms. The van der Waals surface area contributed by atoms with Crippen molar-refractivity contribution < 1.29 is 4.39 Å². The largest absolute Gasteiger partial charge is 0.294 e. The van der Waals surface area contributed by atoms with Crippen LogP contribution in [0, 0.1) is 0 Å². The van der Waals surface area contributed by atoms with E-state index in [1.807, 2.05) is 0 Å². The maximum atomic E-state index is 13.6. The molecule has 0 saturated heterocycles. The van der Waals surface area contributed by atoms with Gasteiger partial charge in [-0.15, -0.1) is 0 Å². The average molecular weight is 368 g/mol. The Balaban J connectivity index is 1.59. The number of benzene rings is 2. The highest BCUT2D eigenvalue weighted by molar-refractivity contribution is 5.28. The molecule has 3 rings (SSSR count). The Morgan fingerprint density at radius 1 is 0.963 bits per heavy atom. The van der Waals surface area contributed by atoms with Crippen LogP contribution in [0.3, 0.4) is 0 Å². The highest BCUT2D eigenvalue weighted by Gasteiger charge is 2.31. The molecule has 1 aliphatic carbocycles. The van der Waals surface area contributed by atoms with Gasteiger partial charge in [-0.25, -0.2) is 4.39 Å². The number of halogens is 1. The predicted octanol–water partition coefficient (Wildman–Crippen LogP) is 6.52. The number of hydrogen-bond acceptors (Lipinski definition) is 1. The Labute approximate surface area is 164 Å². The molecule has 0 spiro atoms. The molecule has 2 aromatic carbocycles. The lowest BCUT2D eigenvalue weighted by Gasteiger charge is -2.35. The fourth-order valence-corrected chi connectivity index (χ4v) is 4.23. The molecule has 2 heteroatoms. The van der Waals surface area contributed by atoms with Crippen LogP contribution in [0.15, 0.2) is 54.6 Å². The van der Waals surface area contributed by atoms with Gasteiger partial charge in [0.05, 0.1) is 0 Å². The summed E-state index contributed by atoms with van der Waals surface area (Å²) in [5, 5.41) is 0. The Hall–Kier alpha value is -1.67. The van der Waals surface area contributed by atoms with Crippen molar-refractivity contribution in [2.75, 3.05) is 0 Å². The third-order valence-corrected chi connectivity index (χ3v) is 6.18. The van der Waals surface area contributed by atoms with E-state index in [0.717, 1.165) is 38.6 Å². The summed E-state index contributed by atoms with van der Waals surface area (Å²) in [5.74, 6) is 0.143. The first-order valence-corrected chi connectivity index (χ1v) is 10.6. The molecule has 1 fully saturated rings. The van der Waals surface area contributed by atoms with Gasteiger partial charge < -0.3 is 0 Å². The molecular formula is C25H34FN. The van der Waals surface area contributed by atoms with Gasteiger partial charge in [0.1, 0.15) is 6.17 Å². The van der Waals surface area contributed by atoms with E-state index in [0.29, 0.717) is 12.1 Å². The molecule has 0 N–H and O–H groups in total. The molecule has 1 aliphatic rings. The number of rotatable bonds is 9. The van der Waals surface area contributed by atoms with E-state index in [1.54, 1.807) is 0 Å². The third-order valence-electron chi connectivity index (χ3n) is 6.18. The van der Waals surface area contributed by atoms with E-state index < -0.39 is 6.17 Å². The molecule has 1 nitrogen and oxygen atoms in total. The second-order valence-corrected chi connectivity index (χ2v) is 8.29. The Morgan fingerprint density at radius 2 is 1.67 bits per heavy atom. The summed E-state index contributed by atoms with van der Waals surface area (Å²) < 4.78 is 13.6. The third kappa shape index (κ3) is 5.19. The molecule has 2 aromatic rings. The van der Waals surface area contributed by atoms with E-state index in [2.05, 4.69) is 80.3 Å². The molecule has 0 aliphatic heterocycles. The van der Waals surface area contributed by atoms with Crippen LogP contribution in [0.2, 0.25) is 0 Å². The molecule has 3 unspecified atom stereocenters. The van der Waals surface area contributed by atoms with Crippen LogP contribution in [0.25, 0.3) is 0 Å². The molecule has 0 bridgehead atoms. The van der Waals surface area contributed by atoms with Gasteiger partial charge in [0.2, 0.25) is 0 Å². The molecule has 3 atom stereocenters. The first-order chi connectivity index (χ1) is 13.1. The minimum atomic E-state index is -0.627. The van der Waals surface area contributed by atoms with Crippen LogP contribution >= 0.6 is 0 Å². The quantitative estimate of drug-likeness (QED) is 0.487. The lowest BCUT2D eigenvalue weighted by Crippen LogP contribution is -2.39. The lowest BCUT2D eigenvalue weighted by molar-refractivity contribution is 0.132. The fraction of sp³-hybridized carbons (Fsp3) is 0.520. The fourth-order valence-electron chi connectivity index (χ4n) is 4.23. The van der Waals surface area contributed by atoms with Crippen molar-refractivity contribution >= 4 is 0 Å². The van der Waals surface area contributed by atoms with Gasteiger partial charge in [-0.2, -0.15) is 0 Å². The van der Waals surface area contributed by atoms with Crippen LogP contribution in [0.1, 0.15) is 69.1 Å². The molecule has 146 valence electrons. The topological polar surface area (TPSA) is 3.24 Å². The molecular weight excluding hydrogens is 333 g/mol. The maximum absolute atomic E-state index is 13.6. The van der Waals surface area contributed by atoms with Gasteiger partial charge in [-0.3, -0.25) is 4.90 Å². The predicted molar refractivity (Wildman–Crippen MR) is 113 cm³/mol. The summed E-state index contributed by atoms with van der Waals surface area (Å²) in [7, 11) is 0. The Morgan fingerprint density at radius 3 is 2.19 bits per heavy atom. The minimum Gasteiger partial charge on any atom is -0.294 e. The van der Waals surface area contributed by atoms with Gasteiger partial charge in [0.15, 0.2) is 0 Å². The van der Waals surface area contributed by atoms with Gasteiger partial charge in [-0.1, -0.05) is 61.5 Å². The standard InChI is InChI=1S/C25H34FN/c1-4-23(27(19(2)3)18-21-8-6-5-7-9-21)15-12-20-10-13-22(14-11-20)24-16-17-25(24)26/h5-11,13-14,19,23-25H,4,12,15-18H2,1-3H3. The SMILES string of the molecule is CCC(CCc1ccc(C2CCC2F)cc1)N(Cc1ccccc1)C(C)C. The minimum absolute atomic E-state index is 0.143. The summed E-state index contributed by atoms with van der Waals surface area (Å²) in [6.45, 7) is 7.90. The zero-order valence-electron chi connectivity index (χ0n) is 17.1. The zero-order valence-corrected chi connectivity index (χ0v) is 17.1. The number of alkyl halides is 1. The summed E-state index contributed by atoms with van der Waals surface area (Å²) in [6, 6.07) is 20.6. The molecule has 0 radical (unpaired) electrons. The van der Waals surface area contributed by atoms with Crippen LogP contribution in [-0.2, 0) is 13.0 Å². The van der Waals surface area contributed by atoms with Crippen LogP contribution in [0.4, 0.5) is 4.39 Å². The van der Waals surface area contributed by atoms with Crippen LogP contribution in [-0.4, -0.2) is 23.2 Å². The van der Waals surface area contributed by atoms with Crippen LogP contribution in [0.5, 0.6) is 0 Å². The van der Waals surface area contributed by atoms with E-state index in [-0.39, 0.29) is 5.92 Å². The molecule has 1 saturated carbocycles. The van der Waals surface area contributed by atoms with Crippen molar-refractivity contribution in [1.29, 1.82) is 0 Å². The van der Waals surface area contributed by atoms with Gasteiger partial charge >= 0.3 is 0 Å². The lowest BCUT2D eigenvalue weighted by atomic mass is 9.78. The second kappa shape index (κ2) is 9.50. The highest BCUT2D eigenvalue weighted by atomic mass is 19.1. The monoisotopic (exact) mass is 367 g/mol. The van der Waals surface area contributed by atoms with Crippen molar-refractivity contribution in [3.63, 3.8) is 0 Å². The first-order valence-electron chi connectivity index (χ1n) is 10.6. The van der Waals surface area contributed by atoms with Crippen molar-refractivity contribution in [1.82, 2.24) is 4.90 Å². The summed E-state index contributed by atoms with van der Waals surface area (Å²) >= 11 is 0. The van der Waals surface area contributed by atoms with Gasteiger partial charge in [0, 0.05) is 24.5 Å². The summed E-state index contributed by atoms with van der Waals surface area (Å²) in [6.07, 6.45) is 4.52. The second-order valence-electron chi connectivity index (χ2n) is 8.29. The van der Waals surface area contributed by atoms with Crippen molar-refractivity contribution in [2.45, 2.75) is 83.6 Å². The zero-order chi connectivity index (χ0) is 19.2. The van der Waals surface area contributed by atoms with E-state index in [4.69, 9.17) is 0 Å². The van der Waals surface area contributed by atoms with Gasteiger partial charge in [-0.05, 0) is 62.6 Å². The van der Waals surface area contributed by atoms with Crippen molar-refractivity contribution in [2.24, 2.45) is 0 Å². The van der Waals surface area contributed by atoms with Crippen molar-refractivity contribution in [3.05, 3.63) is 71.3 Å². The van der Waals surface area contributed by atoms with Crippen molar-refractivity contribution in [3.8, 4) is 0 Å². The number of nitrogens with zero attached hydrogens (tertiary/aromatic N) is 1. The molecule has 0 aromatic heterocycles. The van der Waals surface area contributed by atoms with E-state index in [9.17, 15) is 4.39 Å². The highest BCUT2D eigenvalue weighted by Crippen LogP contribution is 2.39. The molecule has 0 amide bonds. The normalized spacial score (nSPS) is 20.7. The Kier molecular flexibility index (Phi) is 7.07. The molecule has 0 heterocycles. The number of hydrogen-bond donors (Lipinski definition) is 0. The average Bonchev–Trinajstić information content (AvgIpc) is 2.68. The Bertz CT molecular complexity index is 679. The summed E-state index contributed by atoms with van der Waals surface area (Å²) in [5.41, 5.74) is 3.93. The summed E-state index contributed by atoms with van der Waals surface area (Å²) in [4.78, 5) is 2.63. The number of aryl methyl sites for hydroxylation is 1. The van der Waals surface area contributed by atoms with E-state index in [1.165, 1.54) is 16.7 Å². The van der Waals surface area contributed by atoms with E-state index >= 15 is 0 Å². The van der Waals surface area contributed by atoms with Crippen LogP contribution < -0.4 is 0 Å². The first kappa shape index (κ1) is 20.1. The smallest absolute Gasteiger partial charge is 0.107 e. The van der Waals surface area contributed by atoms with Gasteiger partial charge in [0.25, 0.3) is 0 Å².